The predicted molar refractivity (Wildman–Crippen MR) is 62.2 cm³/mol. The molecule has 2 N–H and O–H groups in total. The maximum atomic E-state index is 10.1. The van der Waals surface area contributed by atoms with E-state index in [1.165, 1.54) is 0 Å². The van der Waals surface area contributed by atoms with Crippen molar-refractivity contribution in [2.24, 2.45) is 0 Å². The van der Waals surface area contributed by atoms with Crippen LogP contribution in [0.15, 0.2) is 29.2 Å². The predicted octanol–water partition coefficient (Wildman–Crippen LogP) is 2.79. The minimum Gasteiger partial charge on any atom is -0.508 e. The first-order valence-electron chi connectivity index (χ1n) is 5.32. The summed E-state index contributed by atoms with van der Waals surface area (Å²) in [5, 5.41) is 19.3. The molecule has 0 aliphatic heterocycles. The van der Waals surface area contributed by atoms with E-state index in [0.717, 1.165) is 36.3 Å². The standard InChI is InChI=1S/C12H16O2S/c13-10-3-5-11(6-4-10)15-9-12(14)7-1-2-8-12/h3-6,13-14H,1-2,7-9H2. The summed E-state index contributed by atoms with van der Waals surface area (Å²) in [6.07, 6.45) is 4.15. The minimum absolute atomic E-state index is 0.291. The van der Waals surface area contributed by atoms with Gasteiger partial charge >= 0.3 is 0 Å². The normalized spacial score (nSPS) is 19.3. The molecule has 1 aliphatic rings. The van der Waals surface area contributed by atoms with Crippen molar-refractivity contribution in [3.05, 3.63) is 24.3 Å². The Morgan fingerprint density at radius 1 is 1.13 bits per heavy atom. The number of benzene rings is 1. The highest BCUT2D eigenvalue weighted by Gasteiger charge is 2.30. The van der Waals surface area contributed by atoms with Gasteiger partial charge in [-0.25, -0.2) is 0 Å². The van der Waals surface area contributed by atoms with Crippen molar-refractivity contribution in [1.29, 1.82) is 0 Å². The van der Waals surface area contributed by atoms with Crippen LogP contribution in [-0.4, -0.2) is 21.6 Å². The van der Waals surface area contributed by atoms with Crippen molar-refractivity contribution in [3.63, 3.8) is 0 Å². The van der Waals surface area contributed by atoms with Gasteiger partial charge in [0.15, 0.2) is 0 Å². The van der Waals surface area contributed by atoms with E-state index >= 15 is 0 Å². The molecule has 82 valence electrons. The summed E-state index contributed by atoms with van der Waals surface area (Å²) in [6.45, 7) is 0. The average molecular weight is 224 g/mol. The van der Waals surface area contributed by atoms with E-state index in [1.807, 2.05) is 12.1 Å². The summed E-state index contributed by atoms with van der Waals surface area (Å²) in [4.78, 5) is 1.10. The molecule has 2 nitrogen and oxygen atoms in total. The lowest BCUT2D eigenvalue weighted by molar-refractivity contribution is 0.0733. The number of hydrogen-bond acceptors (Lipinski definition) is 3. The molecule has 1 saturated carbocycles. The van der Waals surface area contributed by atoms with Gasteiger partial charge in [0.25, 0.3) is 0 Å². The summed E-state index contributed by atoms with van der Waals surface area (Å²) >= 11 is 1.66. The number of aromatic hydroxyl groups is 1. The van der Waals surface area contributed by atoms with Crippen LogP contribution in [0.1, 0.15) is 25.7 Å². The highest BCUT2D eigenvalue weighted by atomic mass is 32.2. The van der Waals surface area contributed by atoms with Crippen LogP contribution in [0.3, 0.4) is 0 Å². The number of hydrogen-bond donors (Lipinski definition) is 2. The first-order chi connectivity index (χ1) is 7.18. The van der Waals surface area contributed by atoms with Gasteiger partial charge in [0, 0.05) is 10.6 Å². The van der Waals surface area contributed by atoms with Gasteiger partial charge in [0.1, 0.15) is 5.75 Å². The Balaban J connectivity index is 1.90. The second-order valence-electron chi connectivity index (χ2n) is 4.21. The second kappa shape index (κ2) is 4.45. The van der Waals surface area contributed by atoms with Crippen molar-refractivity contribution in [1.82, 2.24) is 0 Å². The third kappa shape index (κ3) is 2.89. The van der Waals surface area contributed by atoms with Gasteiger partial charge < -0.3 is 10.2 Å². The molecule has 0 atom stereocenters. The Hall–Kier alpha value is -0.670. The molecule has 1 aliphatic carbocycles. The summed E-state index contributed by atoms with van der Waals surface area (Å²) in [6, 6.07) is 7.14. The van der Waals surface area contributed by atoms with E-state index < -0.39 is 5.60 Å². The van der Waals surface area contributed by atoms with Crippen LogP contribution >= 0.6 is 11.8 Å². The Kier molecular flexibility index (Phi) is 3.22. The number of phenolic OH excluding ortho intramolecular Hbond substituents is 1. The maximum absolute atomic E-state index is 10.1. The fraction of sp³-hybridized carbons (Fsp3) is 0.500. The molecule has 0 heterocycles. The maximum Gasteiger partial charge on any atom is 0.115 e. The Labute approximate surface area is 94.3 Å². The van der Waals surface area contributed by atoms with Crippen LogP contribution in [-0.2, 0) is 0 Å². The Bertz CT molecular complexity index is 315. The van der Waals surface area contributed by atoms with Crippen molar-refractivity contribution in [2.45, 2.75) is 36.2 Å². The van der Waals surface area contributed by atoms with Gasteiger partial charge in [-0.3, -0.25) is 0 Å². The molecule has 1 aromatic rings. The SMILES string of the molecule is Oc1ccc(SCC2(O)CCCC2)cc1. The number of rotatable bonds is 3. The Morgan fingerprint density at radius 2 is 1.73 bits per heavy atom. The number of phenols is 1. The van der Waals surface area contributed by atoms with Gasteiger partial charge in [-0.1, -0.05) is 12.8 Å². The summed E-state index contributed by atoms with van der Waals surface area (Å²) in [7, 11) is 0. The minimum atomic E-state index is -0.456. The van der Waals surface area contributed by atoms with Crippen LogP contribution in [0.2, 0.25) is 0 Å². The van der Waals surface area contributed by atoms with Crippen LogP contribution in [0.4, 0.5) is 0 Å². The summed E-state index contributed by atoms with van der Waals surface area (Å²) in [5.74, 6) is 1.05. The molecule has 0 aromatic heterocycles. The van der Waals surface area contributed by atoms with Gasteiger partial charge in [-0.15, -0.1) is 11.8 Å². The van der Waals surface area contributed by atoms with Crippen molar-refractivity contribution in [2.75, 3.05) is 5.75 Å². The molecular weight excluding hydrogens is 208 g/mol. The molecule has 2 rings (SSSR count). The molecule has 1 fully saturated rings. The van der Waals surface area contributed by atoms with Gasteiger partial charge in [-0.05, 0) is 37.1 Å². The van der Waals surface area contributed by atoms with E-state index in [9.17, 15) is 5.11 Å². The molecule has 0 bridgehead atoms. The summed E-state index contributed by atoms with van der Waals surface area (Å²) < 4.78 is 0. The molecule has 0 amide bonds. The van der Waals surface area contributed by atoms with Gasteiger partial charge in [0.05, 0.1) is 5.60 Å². The molecule has 15 heavy (non-hydrogen) atoms. The van der Waals surface area contributed by atoms with E-state index in [4.69, 9.17) is 5.11 Å². The number of thioether (sulfide) groups is 1. The molecule has 3 heteroatoms. The smallest absolute Gasteiger partial charge is 0.115 e. The highest BCUT2D eigenvalue weighted by molar-refractivity contribution is 7.99. The zero-order chi connectivity index (χ0) is 10.7. The largest absolute Gasteiger partial charge is 0.508 e. The van der Waals surface area contributed by atoms with Crippen LogP contribution in [0, 0.1) is 0 Å². The molecule has 0 radical (unpaired) electrons. The van der Waals surface area contributed by atoms with E-state index in [-0.39, 0.29) is 0 Å². The van der Waals surface area contributed by atoms with Crippen molar-refractivity contribution in [3.8, 4) is 5.75 Å². The quantitative estimate of drug-likeness (QED) is 0.776. The lowest BCUT2D eigenvalue weighted by Gasteiger charge is -2.21. The molecular formula is C12H16O2S. The topological polar surface area (TPSA) is 40.5 Å². The number of aliphatic hydroxyl groups is 1. The third-order valence-corrected chi connectivity index (χ3v) is 4.17. The van der Waals surface area contributed by atoms with Crippen molar-refractivity contribution < 1.29 is 10.2 Å². The first-order valence-corrected chi connectivity index (χ1v) is 6.31. The monoisotopic (exact) mass is 224 g/mol. The second-order valence-corrected chi connectivity index (χ2v) is 5.26. The molecule has 0 unspecified atom stereocenters. The highest BCUT2D eigenvalue weighted by Crippen LogP contribution is 2.34. The summed E-state index contributed by atoms with van der Waals surface area (Å²) in [5.41, 5.74) is -0.456. The zero-order valence-electron chi connectivity index (χ0n) is 8.65. The van der Waals surface area contributed by atoms with E-state index in [1.54, 1.807) is 23.9 Å². The van der Waals surface area contributed by atoms with Crippen LogP contribution < -0.4 is 0 Å². The lowest BCUT2D eigenvalue weighted by atomic mass is 10.1. The Morgan fingerprint density at radius 3 is 2.33 bits per heavy atom. The van der Waals surface area contributed by atoms with E-state index in [0.29, 0.717) is 5.75 Å². The fourth-order valence-electron chi connectivity index (χ4n) is 1.94. The molecule has 0 saturated heterocycles. The molecule has 1 aromatic carbocycles. The zero-order valence-corrected chi connectivity index (χ0v) is 9.46. The fourth-order valence-corrected chi connectivity index (χ4v) is 2.99. The van der Waals surface area contributed by atoms with E-state index in [2.05, 4.69) is 0 Å². The first kappa shape index (κ1) is 10.8. The van der Waals surface area contributed by atoms with Crippen molar-refractivity contribution >= 4 is 11.8 Å². The van der Waals surface area contributed by atoms with Crippen LogP contribution in [0.5, 0.6) is 5.75 Å². The van der Waals surface area contributed by atoms with Gasteiger partial charge in [0.2, 0.25) is 0 Å². The average Bonchev–Trinajstić information content (AvgIpc) is 2.65. The lowest BCUT2D eigenvalue weighted by Crippen LogP contribution is -2.26. The van der Waals surface area contributed by atoms with Crippen LogP contribution in [0.25, 0.3) is 0 Å². The third-order valence-electron chi connectivity index (χ3n) is 2.88. The van der Waals surface area contributed by atoms with Gasteiger partial charge in [-0.2, -0.15) is 0 Å². The molecule has 0 spiro atoms.